The number of phenols is 1. The van der Waals surface area contributed by atoms with Crippen molar-refractivity contribution in [3.05, 3.63) is 114 Å². The molecule has 0 radical (unpaired) electrons. The van der Waals surface area contributed by atoms with Crippen molar-refractivity contribution in [2.75, 3.05) is 0 Å². The number of oxazole rings is 1. The van der Waals surface area contributed by atoms with Gasteiger partial charge < -0.3 is 9.52 Å². The minimum atomic E-state index is 0. The van der Waals surface area contributed by atoms with Gasteiger partial charge in [0.25, 0.3) is 0 Å². The van der Waals surface area contributed by atoms with Crippen molar-refractivity contribution < 1.29 is 30.6 Å². The third kappa shape index (κ3) is 4.68. The zero-order chi connectivity index (χ0) is 25.5. The molecule has 0 saturated heterocycles. The second kappa shape index (κ2) is 10.4. The van der Waals surface area contributed by atoms with Crippen LogP contribution in [0.25, 0.3) is 56.1 Å². The molecule has 0 spiro atoms. The summed E-state index contributed by atoms with van der Waals surface area (Å²) in [4.78, 5) is 9.41. The van der Waals surface area contributed by atoms with Gasteiger partial charge in [-0.3, -0.25) is 4.98 Å². The average molecular weight is 677 g/mol. The van der Waals surface area contributed by atoms with E-state index >= 15 is 0 Å². The summed E-state index contributed by atoms with van der Waals surface area (Å²) in [7, 11) is 0. The van der Waals surface area contributed by atoms with Gasteiger partial charge in [-0.05, 0) is 61.7 Å². The fourth-order valence-electron chi connectivity index (χ4n) is 5.09. The first-order chi connectivity index (χ1) is 18.0. The van der Waals surface area contributed by atoms with E-state index in [4.69, 9.17) is 9.40 Å². The van der Waals surface area contributed by atoms with E-state index in [-0.39, 0.29) is 26.8 Å². The van der Waals surface area contributed by atoms with Crippen LogP contribution in [-0.2, 0) is 21.1 Å². The zero-order valence-corrected chi connectivity index (χ0v) is 23.5. The van der Waals surface area contributed by atoms with E-state index in [1.807, 2.05) is 42.5 Å². The minimum Gasteiger partial charge on any atom is -0.507 e. The van der Waals surface area contributed by atoms with Gasteiger partial charge in [0.05, 0.1) is 11.1 Å². The summed E-state index contributed by atoms with van der Waals surface area (Å²) in [6.07, 6.45) is 1.80. The molecule has 0 bridgehead atoms. The van der Waals surface area contributed by atoms with Gasteiger partial charge in [-0.25, -0.2) is 4.98 Å². The Morgan fingerprint density at radius 1 is 0.763 bits per heavy atom. The van der Waals surface area contributed by atoms with Crippen molar-refractivity contribution in [2.24, 2.45) is 0 Å². The van der Waals surface area contributed by atoms with Crippen molar-refractivity contribution in [2.45, 2.75) is 20.8 Å². The molecule has 0 aliphatic carbocycles. The number of aromatic hydroxyl groups is 1. The summed E-state index contributed by atoms with van der Waals surface area (Å²) < 4.78 is 6.08. The molecule has 2 aromatic heterocycles. The molecule has 38 heavy (non-hydrogen) atoms. The number of aromatic nitrogens is 2. The second-order valence-electron chi connectivity index (χ2n) is 9.37. The number of fused-ring (bicyclic) bond motifs is 1. The number of hydrogen-bond donors (Lipinski definition) is 1. The summed E-state index contributed by atoms with van der Waals surface area (Å²) in [5.74, 6) is 0.513. The second-order valence-corrected chi connectivity index (χ2v) is 9.37. The molecule has 4 aromatic carbocycles. The van der Waals surface area contributed by atoms with E-state index in [0.29, 0.717) is 17.0 Å². The summed E-state index contributed by atoms with van der Waals surface area (Å²) in [5, 5.41) is 10.4. The molecular formula is C33H25N2O2Pt-. The number of pyridine rings is 1. The van der Waals surface area contributed by atoms with Crippen molar-refractivity contribution in [1.29, 1.82) is 0 Å². The Morgan fingerprint density at radius 3 is 2.21 bits per heavy atom. The SMILES string of the molecule is Cc1cc(C)c(-c2cc(-c3ccccn3)[c-]c(-c3cccc4oc(-c5ccccc5O)nc34)c2)c(C)c1.[Pt]. The van der Waals surface area contributed by atoms with Crippen molar-refractivity contribution in [3.63, 3.8) is 0 Å². The Kier molecular flexibility index (Phi) is 7.01. The maximum atomic E-state index is 10.4. The van der Waals surface area contributed by atoms with Crippen molar-refractivity contribution >= 4 is 11.1 Å². The molecule has 0 unspecified atom stereocenters. The molecule has 6 aromatic rings. The largest absolute Gasteiger partial charge is 0.507 e. The standard InChI is InChI=1S/C33H25N2O2.Pt/c1-20-15-21(2)31(22(3)16-20)25-18-23(17-24(19-25)28-11-6-7-14-34-28)26-10-8-13-30-32(26)35-33(37-30)27-9-4-5-12-29(27)36;/h4-16,18-19,36H,1-3H3;/q-1;. The van der Waals surface area contributed by atoms with E-state index < -0.39 is 0 Å². The minimum absolute atomic E-state index is 0. The normalized spacial score (nSPS) is 10.9. The Bertz CT molecular complexity index is 1750. The van der Waals surface area contributed by atoms with Crippen LogP contribution in [0.1, 0.15) is 16.7 Å². The third-order valence-electron chi connectivity index (χ3n) is 6.62. The molecule has 0 saturated carbocycles. The number of nitrogens with zero attached hydrogens (tertiary/aromatic N) is 2. The quantitative estimate of drug-likeness (QED) is 0.191. The van der Waals surface area contributed by atoms with Gasteiger partial charge in [0, 0.05) is 33.0 Å². The van der Waals surface area contributed by atoms with Gasteiger partial charge >= 0.3 is 0 Å². The number of para-hydroxylation sites is 2. The van der Waals surface area contributed by atoms with Crippen LogP contribution in [0.15, 0.2) is 95.5 Å². The molecule has 0 aliphatic heterocycles. The van der Waals surface area contributed by atoms with Crippen LogP contribution in [0.3, 0.4) is 0 Å². The number of aryl methyl sites for hydroxylation is 3. The van der Waals surface area contributed by atoms with E-state index in [1.54, 1.807) is 24.4 Å². The van der Waals surface area contributed by atoms with Crippen LogP contribution in [0.2, 0.25) is 0 Å². The number of phenolic OH excluding ortho intramolecular Hbond substituents is 1. The molecule has 0 fully saturated rings. The molecule has 5 heteroatoms. The fourth-order valence-corrected chi connectivity index (χ4v) is 5.09. The van der Waals surface area contributed by atoms with E-state index in [2.05, 4.69) is 56.1 Å². The number of rotatable bonds is 4. The predicted molar refractivity (Wildman–Crippen MR) is 148 cm³/mol. The molecule has 1 N–H and O–H groups in total. The first-order valence-corrected chi connectivity index (χ1v) is 12.2. The molecule has 0 aliphatic rings. The Labute approximate surface area is 236 Å². The average Bonchev–Trinajstić information content (AvgIpc) is 3.33. The van der Waals surface area contributed by atoms with Gasteiger partial charge in [-0.15, -0.1) is 23.8 Å². The van der Waals surface area contributed by atoms with Gasteiger partial charge in [0.15, 0.2) is 0 Å². The van der Waals surface area contributed by atoms with Gasteiger partial charge in [-0.2, -0.15) is 0 Å². The van der Waals surface area contributed by atoms with Crippen LogP contribution in [0.5, 0.6) is 5.75 Å². The third-order valence-corrected chi connectivity index (χ3v) is 6.62. The fraction of sp³-hybridized carbons (Fsp3) is 0.0909. The molecule has 190 valence electrons. The molecule has 0 atom stereocenters. The summed E-state index contributed by atoms with van der Waals surface area (Å²) >= 11 is 0. The zero-order valence-electron chi connectivity index (χ0n) is 21.2. The first kappa shape index (κ1) is 25.6. The Hall–Kier alpha value is -4.01. The smallest absolute Gasteiger partial charge is 0.230 e. The molecule has 6 rings (SSSR count). The molecule has 4 nitrogen and oxygen atoms in total. The van der Waals surface area contributed by atoms with Crippen molar-refractivity contribution in [1.82, 2.24) is 9.97 Å². The van der Waals surface area contributed by atoms with Crippen LogP contribution in [0.4, 0.5) is 0 Å². The van der Waals surface area contributed by atoms with Gasteiger partial charge in [0.2, 0.25) is 5.89 Å². The maximum absolute atomic E-state index is 10.4. The summed E-state index contributed by atoms with van der Waals surface area (Å²) in [5.41, 5.74) is 11.5. The summed E-state index contributed by atoms with van der Waals surface area (Å²) in [6, 6.07) is 31.2. The van der Waals surface area contributed by atoms with Crippen LogP contribution >= 0.6 is 0 Å². The Balaban J connectivity index is 0.00000294. The molecule has 0 amide bonds. The van der Waals surface area contributed by atoms with Crippen LogP contribution in [0, 0.1) is 26.8 Å². The van der Waals surface area contributed by atoms with Gasteiger partial charge in [0.1, 0.15) is 11.3 Å². The van der Waals surface area contributed by atoms with E-state index in [1.165, 1.54) is 22.3 Å². The Morgan fingerprint density at radius 2 is 1.47 bits per heavy atom. The number of benzene rings is 4. The topological polar surface area (TPSA) is 59.2 Å². The maximum Gasteiger partial charge on any atom is 0.230 e. The van der Waals surface area contributed by atoms with Gasteiger partial charge in [-0.1, -0.05) is 70.8 Å². The van der Waals surface area contributed by atoms with Crippen LogP contribution < -0.4 is 0 Å². The van der Waals surface area contributed by atoms with Crippen LogP contribution in [-0.4, -0.2) is 15.1 Å². The van der Waals surface area contributed by atoms with E-state index in [9.17, 15) is 5.11 Å². The number of hydrogen-bond acceptors (Lipinski definition) is 4. The molecule has 2 heterocycles. The molecular weight excluding hydrogens is 651 g/mol. The first-order valence-electron chi connectivity index (χ1n) is 12.2. The van der Waals surface area contributed by atoms with E-state index in [0.717, 1.165) is 33.5 Å². The predicted octanol–water partition coefficient (Wildman–Crippen LogP) is 8.32. The van der Waals surface area contributed by atoms with Crippen molar-refractivity contribution in [3.8, 4) is 50.7 Å². The monoisotopic (exact) mass is 676 g/mol. The summed E-state index contributed by atoms with van der Waals surface area (Å²) in [6.45, 7) is 6.44.